The van der Waals surface area contributed by atoms with Crippen LogP contribution in [-0.4, -0.2) is 15.8 Å². The first-order valence-corrected chi connectivity index (χ1v) is 8.13. The maximum absolute atomic E-state index is 11.3. The highest BCUT2D eigenvalue weighted by atomic mass is 79.9. The molecule has 1 aromatic heterocycles. The molecule has 1 heterocycles. The van der Waals surface area contributed by atoms with Crippen LogP contribution >= 0.6 is 15.9 Å². The van der Waals surface area contributed by atoms with E-state index < -0.39 is 0 Å². The maximum atomic E-state index is 11.3. The normalized spacial score (nSPS) is 10.2. The summed E-state index contributed by atoms with van der Waals surface area (Å²) in [7, 11) is 0. The number of nitrogens with one attached hydrogen (secondary N) is 2. The lowest BCUT2D eigenvalue weighted by Gasteiger charge is -2.09. The number of anilines is 4. The van der Waals surface area contributed by atoms with Crippen LogP contribution in [-0.2, 0) is 0 Å². The molecule has 0 saturated carbocycles. The van der Waals surface area contributed by atoms with Gasteiger partial charge in [0.2, 0.25) is 5.95 Å². The average molecular weight is 383 g/mol. The van der Waals surface area contributed by atoms with Gasteiger partial charge in [0.1, 0.15) is 5.82 Å². The Morgan fingerprint density at radius 2 is 1.79 bits per heavy atom. The number of halogens is 1. The zero-order valence-electron chi connectivity index (χ0n) is 13.0. The summed E-state index contributed by atoms with van der Waals surface area (Å²) in [6.45, 7) is 1.54. The molecule has 0 saturated heterocycles. The third kappa shape index (κ3) is 4.17. The smallest absolute Gasteiger partial charge is 0.229 e. The van der Waals surface area contributed by atoms with Crippen LogP contribution in [0.2, 0.25) is 0 Å². The number of hydrogen-bond donors (Lipinski definition) is 2. The summed E-state index contributed by atoms with van der Waals surface area (Å²) in [5.74, 6) is 1.20. The van der Waals surface area contributed by atoms with Gasteiger partial charge in [-0.3, -0.25) is 4.79 Å². The molecule has 0 atom stereocenters. The van der Waals surface area contributed by atoms with Gasteiger partial charge < -0.3 is 10.6 Å². The van der Waals surface area contributed by atoms with Crippen LogP contribution in [0.15, 0.2) is 65.3 Å². The van der Waals surface area contributed by atoms with Gasteiger partial charge in [-0.05, 0) is 55.5 Å². The number of carbonyl (C=O) groups is 1. The Kier molecular flexibility index (Phi) is 4.86. The van der Waals surface area contributed by atoms with Gasteiger partial charge in [0.25, 0.3) is 0 Å². The number of aromatic nitrogens is 2. The molecule has 2 N–H and O–H groups in total. The molecule has 0 amide bonds. The third-order valence-electron chi connectivity index (χ3n) is 3.30. The van der Waals surface area contributed by atoms with Gasteiger partial charge >= 0.3 is 0 Å². The fourth-order valence-corrected chi connectivity index (χ4v) is 2.52. The van der Waals surface area contributed by atoms with E-state index in [0.29, 0.717) is 17.3 Å². The summed E-state index contributed by atoms with van der Waals surface area (Å²) in [4.78, 5) is 19.9. The average Bonchev–Trinajstić information content (AvgIpc) is 2.56. The molecular weight excluding hydrogens is 368 g/mol. The standard InChI is InChI=1S/C18H15BrN4O/c1-12(24)13-5-7-15(8-6-13)22-18-20-10-9-17(23-18)21-16-4-2-3-14(19)11-16/h2-11H,1H3,(H2,20,21,22,23). The SMILES string of the molecule is CC(=O)c1ccc(Nc2nccc(Nc3cccc(Br)c3)n2)cc1. The van der Waals surface area contributed by atoms with Crippen LogP contribution < -0.4 is 10.6 Å². The highest BCUT2D eigenvalue weighted by Crippen LogP contribution is 2.20. The van der Waals surface area contributed by atoms with Crippen LogP contribution in [0.25, 0.3) is 0 Å². The largest absolute Gasteiger partial charge is 0.340 e. The van der Waals surface area contributed by atoms with E-state index >= 15 is 0 Å². The van der Waals surface area contributed by atoms with Gasteiger partial charge in [-0.25, -0.2) is 4.98 Å². The van der Waals surface area contributed by atoms with E-state index in [1.165, 1.54) is 0 Å². The molecular formula is C18H15BrN4O. The second-order valence-corrected chi connectivity index (χ2v) is 6.08. The van der Waals surface area contributed by atoms with Crippen molar-refractivity contribution in [1.82, 2.24) is 9.97 Å². The van der Waals surface area contributed by atoms with Crippen molar-refractivity contribution < 1.29 is 4.79 Å². The summed E-state index contributed by atoms with van der Waals surface area (Å²) in [5.41, 5.74) is 2.42. The molecule has 2 aromatic carbocycles. The third-order valence-corrected chi connectivity index (χ3v) is 3.79. The van der Waals surface area contributed by atoms with E-state index in [9.17, 15) is 4.79 Å². The van der Waals surface area contributed by atoms with Crippen molar-refractivity contribution in [3.63, 3.8) is 0 Å². The lowest BCUT2D eigenvalue weighted by atomic mass is 10.1. The number of Topliss-reactive ketones (excluding diaryl/α,β-unsaturated/α-hetero) is 1. The molecule has 0 unspecified atom stereocenters. The Morgan fingerprint density at radius 1 is 1.00 bits per heavy atom. The molecule has 0 fully saturated rings. The first kappa shape index (κ1) is 16.1. The molecule has 0 bridgehead atoms. The number of rotatable bonds is 5. The Morgan fingerprint density at radius 3 is 2.50 bits per heavy atom. The lowest BCUT2D eigenvalue weighted by Crippen LogP contribution is -2.00. The van der Waals surface area contributed by atoms with E-state index in [1.807, 2.05) is 36.4 Å². The molecule has 6 heteroatoms. The first-order chi connectivity index (χ1) is 11.6. The molecule has 120 valence electrons. The van der Waals surface area contributed by atoms with Crippen molar-refractivity contribution in [2.45, 2.75) is 6.92 Å². The van der Waals surface area contributed by atoms with Gasteiger partial charge in [0.05, 0.1) is 0 Å². The van der Waals surface area contributed by atoms with Gasteiger partial charge in [0, 0.05) is 27.6 Å². The van der Waals surface area contributed by atoms with E-state index in [0.717, 1.165) is 15.8 Å². The lowest BCUT2D eigenvalue weighted by molar-refractivity contribution is 0.101. The topological polar surface area (TPSA) is 66.9 Å². The van der Waals surface area contributed by atoms with Gasteiger partial charge in [0.15, 0.2) is 5.78 Å². The minimum Gasteiger partial charge on any atom is -0.340 e. The molecule has 0 aliphatic carbocycles. The maximum Gasteiger partial charge on any atom is 0.229 e. The zero-order chi connectivity index (χ0) is 16.9. The number of nitrogens with zero attached hydrogens (tertiary/aromatic N) is 2. The molecule has 24 heavy (non-hydrogen) atoms. The van der Waals surface area contributed by atoms with Crippen LogP contribution in [0.3, 0.4) is 0 Å². The van der Waals surface area contributed by atoms with E-state index in [1.54, 1.807) is 31.3 Å². The van der Waals surface area contributed by atoms with Crippen LogP contribution in [0.5, 0.6) is 0 Å². The van der Waals surface area contributed by atoms with Gasteiger partial charge in [-0.2, -0.15) is 4.98 Å². The Bertz CT molecular complexity index is 865. The molecule has 0 radical (unpaired) electrons. The van der Waals surface area contributed by atoms with Crippen molar-refractivity contribution in [2.24, 2.45) is 0 Å². The van der Waals surface area contributed by atoms with Crippen LogP contribution in [0.1, 0.15) is 17.3 Å². The molecule has 0 spiro atoms. The van der Waals surface area contributed by atoms with Crippen molar-refractivity contribution in [1.29, 1.82) is 0 Å². The highest BCUT2D eigenvalue weighted by molar-refractivity contribution is 9.10. The zero-order valence-corrected chi connectivity index (χ0v) is 14.5. The van der Waals surface area contributed by atoms with Crippen molar-refractivity contribution in [3.8, 4) is 0 Å². The predicted molar refractivity (Wildman–Crippen MR) is 99.2 cm³/mol. The van der Waals surface area contributed by atoms with Gasteiger partial charge in [-0.15, -0.1) is 0 Å². The summed E-state index contributed by atoms with van der Waals surface area (Å²) in [6.07, 6.45) is 1.68. The fraction of sp³-hybridized carbons (Fsp3) is 0.0556. The Hall–Kier alpha value is -2.73. The first-order valence-electron chi connectivity index (χ1n) is 7.34. The minimum atomic E-state index is 0.0398. The summed E-state index contributed by atoms with van der Waals surface area (Å²) in [5, 5.41) is 6.35. The van der Waals surface area contributed by atoms with Crippen LogP contribution in [0, 0.1) is 0 Å². The minimum absolute atomic E-state index is 0.0398. The number of ketones is 1. The second kappa shape index (κ2) is 7.23. The predicted octanol–water partition coefficient (Wildman–Crippen LogP) is 4.93. The molecule has 0 aliphatic heterocycles. The quantitative estimate of drug-likeness (QED) is 0.612. The van der Waals surface area contributed by atoms with E-state index in [2.05, 4.69) is 36.5 Å². The Balaban J connectivity index is 1.74. The molecule has 3 aromatic rings. The number of benzene rings is 2. The van der Waals surface area contributed by atoms with E-state index in [-0.39, 0.29) is 5.78 Å². The fourth-order valence-electron chi connectivity index (χ4n) is 2.12. The monoisotopic (exact) mass is 382 g/mol. The second-order valence-electron chi connectivity index (χ2n) is 5.16. The van der Waals surface area contributed by atoms with Crippen molar-refractivity contribution in [3.05, 3.63) is 70.8 Å². The summed E-state index contributed by atoms with van der Waals surface area (Å²) < 4.78 is 0.991. The van der Waals surface area contributed by atoms with Gasteiger partial charge in [-0.1, -0.05) is 22.0 Å². The summed E-state index contributed by atoms with van der Waals surface area (Å²) in [6, 6.07) is 16.8. The van der Waals surface area contributed by atoms with E-state index in [4.69, 9.17) is 0 Å². The molecule has 3 rings (SSSR count). The molecule has 0 aliphatic rings. The van der Waals surface area contributed by atoms with Crippen LogP contribution in [0.4, 0.5) is 23.1 Å². The summed E-state index contributed by atoms with van der Waals surface area (Å²) >= 11 is 3.44. The number of hydrogen-bond acceptors (Lipinski definition) is 5. The molecule has 5 nitrogen and oxygen atoms in total. The van der Waals surface area contributed by atoms with Crippen molar-refractivity contribution >= 4 is 44.9 Å². The van der Waals surface area contributed by atoms with Crippen molar-refractivity contribution in [2.75, 3.05) is 10.6 Å². The highest BCUT2D eigenvalue weighted by Gasteiger charge is 2.03. The Labute approximate surface area is 148 Å². The number of carbonyl (C=O) groups excluding carboxylic acids is 1.